The monoisotopic (exact) mass is 280 g/mol. The molecule has 1 unspecified atom stereocenters. The van der Waals surface area contributed by atoms with E-state index in [1.54, 1.807) is 30.3 Å². The molecule has 0 N–H and O–H groups in total. The van der Waals surface area contributed by atoms with Gasteiger partial charge in [-0.2, -0.15) is 13.2 Å². The van der Waals surface area contributed by atoms with Crippen molar-refractivity contribution < 1.29 is 18.0 Å². The van der Waals surface area contributed by atoms with Gasteiger partial charge in [-0.05, 0) is 0 Å². The molecule has 3 nitrogen and oxygen atoms in total. The van der Waals surface area contributed by atoms with Crippen molar-refractivity contribution in [2.45, 2.75) is 18.6 Å². The third kappa shape index (κ3) is 2.82. The number of hydrogen-bond acceptors (Lipinski definition) is 2. The van der Waals surface area contributed by atoms with Gasteiger partial charge in [-0.15, -0.1) is 6.42 Å². The second-order valence-corrected chi connectivity index (χ2v) is 4.26. The zero-order valence-corrected chi connectivity index (χ0v) is 10.4. The number of benzene rings is 1. The van der Waals surface area contributed by atoms with Crippen molar-refractivity contribution in [3.8, 4) is 12.3 Å². The third-order valence-corrected chi connectivity index (χ3v) is 2.86. The van der Waals surface area contributed by atoms with Crippen LogP contribution in [-0.2, 0) is 4.79 Å². The standard InChI is InChI=1S/C14H11F3N2O/c1-2-8-19-12(20)9-11(14(15,16)17)18-13(19)10-6-4-3-5-7-10/h1,3-7,11H,8-9H2. The molecule has 0 saturated carbocycles. The van der Waals surface area contributed by atoms with E-state index in [9.17, 15) is 18.0 Å². The first-order valence-corrected chi connectivity index (χ1v) is 5.87. The van der Waals surface area contributed by atoms with E-state index in [1.165, 1.54) is 0 Å². The Bertz CT molecular complexity index is 572. The van der Waals surface area contributed by atoms with Gasteiger partial charge in [0, 0.05) is 5.56 Å². The van der Waals surface area contributed by atoms with E-state index in [4.69, 9.17) is 6.42 Å². The normalized spacial score (nSPS) is 19.5. The fraction of sp³-hybridized carbons (Fsp3) is 0.286. The molecule has 1 aliphatic heterocycles. The lowest BCUT2D eigenvalue weighted by molar-refractivity contribution is -0.158. The Morgan fingerprint density at radius 1 is 1.35 bits per heavy atom. The summed E-state index contributed by atoms with van der Waals surface area (Å²) in [4.78, 5) is 16.7. The van der Waals surface area contributed by atoms with Crippen LogP contribution in [-0.4, -0.2) is 35.4 Å². The predicted molar refractivity (Wildman–Crippen MR) is 68.0 cm³/mol. The van der Waals surface area contributed by atoms with E-state index in [-0.39, 0.29) is 12.4 Å². The summed E-state index contributed by atoms with van der Waals surface area (Å²) in [6, 6.07) is 6.21. The van der Waals surface area contributed by atoms with Crippen LogP contribution in [0, 0.1) is 12.3 Å². The minimum Gasteiger partial charge on any atom is -0.285 e. The van der Waals surface area contributed by atoms with Crippen LogP contribution >= 0.6 is 0 Å². The largest absolute Gasteiger partial charge is 0.411 e. The summed E-state index contributed by atoms with van der Waals surface area (Å²) in [5, 5.41) is 0. The average Bonchev–Trinajstić information content (AvgIpc) is 2.41. The van der Waals surface area contributed by atoms with Gasteiger partial charge in [0.2, 0.25) is 5.91 Å². The molecule has 1 heterocycles. The molecule has 104 valence electrons. The highest BCUT2D eigenvalue weighted by Gasteiger charge is 2.45. The van der Waals surface area contributed by atoms with Crippen molar-refractivity contribution in [2.24, 2.45) is 4.99 Å². The van der Waals surface area contributed by atoms with Crippen LogP contribution in [0.15, 0.2) is 35.3 Å². The molecule has 0 aliphatic carbocycles. The van der Waals surface area contributed by atoms with Gasteiger partial charge in [-0.1, -0.05) is 36.3 Å². The zero-order chi connectivity index (χ0) is 14.8. The number of terminal acetylenes is 1. The Morgan fingerprint density at radius 2 is 2.00 bits per heavy atom. The molecule has 1 atom stereocenters. The number of halogens is 3. The van der Waals surface area contributed by atoms with Crippen LogP contribution in [0.5, 0.6) is 0 Å². The van der Waals surface area contributed by atoms with E-state index in [0.717, 1.165) is 4.90 Å². The van der Waals surface area contributed by atoms with Crippen molar-refractivity contribution in [1.29, 1.82) is 0 Å². The number of nitrogens with zero attached hydrogens (tertiary/aromatic N) is 2. The maximum absolute atomic E-state index is 12.8. The first-order valence-electron chi connectivity index (χ1n) is 5.87. The number of carbonyl (C=O) groups excluding carboxylic acids is 1. The molecule has 6 heteroatoms. The van der Waals surface area contributed by atoms with Crippen LogP contribution in [0.3, 0.4) is 0 Å². The summed E-state index contributed by atoms with van der Waals surface area (Å²) in [6.07, 6.45) is -0.0893. The third-order valence-electron chi connectivity index (χ3n) is 2.86. The molecule has 0 aromatic heterocycles. The molecule has 1 aromatic rings. The van der Waals surface area contributed by atoms with Gasteiger partial charge in [0.1, 0.15) is 5.84 Å². The molecule has 1 amide bonds. The van der Waals surface area contributed by atoms with Gasteiger partial charge in [-0.25, -0.2) is 0 Å². The fourth-order valence-electron chi connectivity index (χ4n) is 1.92. The maximum atomic E-state index is 12.8. The number of rotatable bonds is 2. The molecule has 2 rings (SSSR count). The Kier molecular flexibility index (Phi) is 3.79. The maximum Gasteiger partial charge on any atom is 0.411 e. The van der Waals surface area contributed by atoms with Crippen LogP contribution in [0.2, 0.25) is 0 Å². The first-order chi connectivity index (χ1) is 9.43. The Hall–Kier alpha value is -2.29. The topological polar surface area (TPSA) is 32.7 Å². The highest BCUT2D eigenvalue weighted by atomic mass is 19.4. The van der Waals surface area contributed by atoms with E-state index < -0.39 is 24.5 Å². The lowest BCUT2D eigenvalue weighted by Gasteiger charge is -2.30. The Balaban J connectivity index is 2.47. The minimum atomic E-state index is -4.54. The lowest BCUT2D eigenvalue weighted by Crippen LogP contribution is -2.47. The second kappa shape index (κ2) is 5.37. The van der Waals surface area contributed by atoms with Crippen molar-refractivity contribution >= 4 is 11.7 Å². The number of hydrogen-bond donors (Lipinski definition) is 0. The molecular weight excluding hydrogens is 269 g/mol. The van der Waals surface area contributed by atoms with Crippen molar-refractivity contribution in [3.05, 3.63) is 35.9 Å². The minimum absolute atomic E-state index is 0.0258. The summed E-state index contributed by atoms with van der Waals surface area (Å²) >= 11 is 0. The molecule has 1 aliphatic rings. The van der Waals surface area contributed by atoms with Gasteiger partial charge in [0.05, 0.1) is 13.0 Å². The molecule has 0 saturated heterocycles. The molecule has 0 radical (unpaired) electrons. The molecule has 20 heavy (non-hydrogen) atoms. The summed E-state index contributed by atoms with van der Waals surface area (Å²) in [5.41, 5.74) is 0.435. The van der Waals surface area contributed by atoms with Crippen LogP contribution < -0.4 is 0 Å². The smallest absolute Gasteiger partial charge is 0.285 e. The van der Waals surface area contributed by atoms with Crippen molar-refractivity contribution in [1.82, 2.24) is 4.90 Å². The lowest BCUT2D eigenvalue weighted by atomic mass is 10.1. The summed E-state index contributed by atoms with van der Waals surface area (Å²) in [7, 11) is 0. The fourth-order valence-corrected chi connectivity index (χ4v) is 1.92. The van der Waals surface area contributed by atoms with Crippen molar-refractivity contribution in [2.75, 3.05) is 6.54 Å². The van der Waals surface area contributed by atoms with Gasteiger partial charge < -0.3 is 0 Å². The second-order valence-electron chi connectivity index (χ2n) is 4.26. The summed E-state index contributed by atoms with van der Waals surface area (Å²) in [6.45, 7) is -0.100. The van der Waals surface area contributed by atoms with E-state index in [0.29, 0.717) is 5.56 Å². The predicted octanol–water partition coefficient (Wildman–Crippen LogP) is 2.23. The highest BCUT2D eigenvalue weighted by Crippen LogP contribution is 2.29. The Labute approximate surface area is 114 Å². The van der Waals surface area contributed by atoms with Crippen LogP contribution in [0.25, 0.3) is 0 Å². The molecule has 1 aromatic carbocycles. The molecule has 0 spiro atoms. The van der Waals surface area contributed by atoms with E-state index in [1.807, 2.05) is 0 Å². The molecule has 0 bridgehead atoms. The van der Waals surface area contributed by atoms with Crippen molar-refractivity contribution in [3.63, 3.8) is 0 Å². The van der Waals surface area contributed by atoms with Gasteiger partial charge in [0.15, 0.2) is 6.04 Å². The summed E-state index contributed by atoms with van der Waals surface area (Å²) < 4.78 is 38.4. The van der Waals surface area contributed by atoms with Gasteiger partial charge in [0.25, 0.3) is 0 Å². The van der Waals surface area contributed by atoms with Gasteiger partial charge in [-0.3, -0.25) is 14.7 Å². The van der Waals surface area contributed by atoms with Crippen LogP contribution in [0.4, 0.5) is 13.2 Å². The average molecular weight is 280 g/mol. The number of alkyl halides is 3. The van der Waals surface area contributed by atoms with E-state index in [2.05, 4.69) is 10.9 Å². The number of aliphatic imine (C=N–C) groups is 1. The summed E-state index contributed by atoms with van der Waals surface area (Å²) in [5.74, 6) is 1.57. The first kappa shape index (κ1) is 14.1. The Morgan fingerprint density at radius 3 is 2.55 bits per heavy atom. The zero-order valence-electron chi connectivity index (χ0n) is 10.4. The number of amides is 1. The highest BCUT2D eigenvalue weighted by molar-refractivity contribution is 6.09. The SMILES string of the molecule is C#CCN1C(=O)CC(C(F)(F)F)N=C1c1ccccc1. The van der Waals surface area contributed by atoms with E-state index >= 15 is 0 Å². The number of carbonyl (C=O) groups is 1. The molecule has 0 fully saturated rings. The van der Waals surface area contributed by atoms with Gasteiger partial charge >= 0.3 is 6.18 Å². The molecular formula is C14H11F3N2O. The van der Waals surface area contributed by atoms with Crippen LogP contribution in [0.1, 0.15) is 12.0 Å². The quantitative estimate of drug-likeness (QED) is 0.765. The number of amidine groups is 1.